The number of nitrogens with zero attached hydrogens (tertiary/aromatic N) is 8. The summed E-state index contributed by atoms with van der Waals surface area (Å²) in [7, 11) is 0. The van der Waals surface area contributed by atoms with Crippen molar-refractivity contribution in [3.05, 3.63) is 216 Å². The number of benzene rings is 7. The third-order valence-electron chi connectivity index (χ3n) is 10.1. The molecular formula is C50H28N8. The predicted molar refractivity (Wildman–Crippen MR) is 232 cm³/mol. The summed E-state index contributed by atoms with van der Waals surface area (Å²) in [6.07, 6.45) is 0. The number of aromatic nitrogens is 3. The van der Waals surface area contributed by atoms with Gasteiger partial charge in [-0.25, -0.2) is 29.3 Å². The van der Waals surface area contributed by atoms with Gasteiger partial charge >= 0.3 is 0 Å². The van der Waals surface area contributed by atoms with Gasteiger partial charge in [0.05, 0.1) is 54.4 Å². The summed E-state index contributed by atoms with van der Waals surface area (Å²) in [4.78, 5) is 27.5. The Labute approximate surface area is 335 Å². The molecule has 0 aliphatic heterocycles. The summed E-state index contributed by atoms with van der Waals surface area (Å²) in [5, 5.41) is 1.96. The Balaban J connectivity index is 1.26. The highest BCUT2D eigenvalue weighted by molar-refractivity contribution is 6.12. The molecule has 9 rings (SSSR count). The quantitative estimate of drug-likeness (QED) is 0.153. The van der Waals surface area contributed by atoms with Crippen molar-refractivity contribution in [1.29, 1.82) is 0 Å². The van der Waals surface area contributed by atoms with Crippen LogP contribution in [0.15, 0.2) is 170 Å². The van der Waals surface area contributed by atoms with Crippen LogP contribution in [0.1, 0.15) is 0 Å². The van der Waals surface area contributed by atoms with Crippen LogP contribution in [0.4, 0.5) is 39.8 Å². The van der Waals surface area contributed by atoms with Gasteiger partial charge in [0, 0.05) is 39.0 Å². The molecule has 0 amide bonds. The molecule has 7 aromatic carbocycles. The van der Waals surface area contributed by atoms with Crippen LogP contribution in [0.25, 0.3) is 80.8 Å². The van der Waals surface area contributed by atoms with Gasteiger partial charge in [0.15, 0.2) is 11.4 Å². The third-order valence-corrected chi connectivity index (χ3v) is 10.1. The number of anilines is 3. The van der Waals surface area contributed by atoms with E-state index in [4.69, 9.17) is 36.3 Å². The topological polar surface area (TPSA) is 51.4 Å². The van der Waals surface area contributed by atoms with Gasteiger partial charge in [0.25, 0.3) is 0 Å². The summed E-state index contributed by atoms with van der Waals surface area (Å²) in [5.41, 5.74) is 9.17. The van der Waals surface area contributed by atoms with Gasteiger partial charge in [-0.2, -0.15) is 0 Å². The lowest BCUT2D eigenvalue weighted by atomic mass is 10.0. The summed E-state index contributed by atoms with van der Waals surface area (Å²) in [6.45, 7) is 32.6. The maximum absolute atomic E-state index is 8.48. The summed E-state index contributed by atoms with van der Waals surface area (Å²) >= 11 is 0. The lowest BCUT2D eigenvalue weighted by Gasteiger charge is -2.25. The Hall–Kier alpha value is -8.82. The second-order valence-corrected chi connectivity index (χ2v) is 13.4. The van der Waals surface area contributed by atoms with Crippen LogP contribution in [0.5, 0.6) is 0 Å². The van der Waals surface area contributed by atoms with Crippen molar-refractivity contribution in [3.8, 4) is 39.6 Å². The Kier molecular flexibility index (Phi) is 8.90. The molecule has 268 valence electrons. The smallest absolute Gasteiger partial charge is 0.200 e. The average molecular weight is 741 g/mol. The Morgan fingerprint density at radius 3 is 1.57 bits per heavy atom. The number of fused-ring (bicyclic) bond motifs is 3. The molecule has 0 N–H and O–H groups in total. The van der Waals surface area contributed by atoms with E-state index in [0.717, 1.165) is 38.9 Å². The SMILES string of the molecule is [C-]#[N+]c1ccccc1-c1cc(-c2cc([N+]#[C-])c(-n3c4ccccc4c4cc(N(c5ccccc5)c5ccccc5)ccc43)c([N+]#[C-])c2)nc(-c2ccccc2[N+]#[C-])n1. The molecule has 0 atom stereocenters. The molecule has 0 saturated carbocycles. The van der Waals surface area contributed by atoms with Crippen molar-refractivity contribution >= 4 is 61.6 Å². The highest BCUT2D eigenvalue weighted by atomic mass is 15.1. The maximum atomic E-state index is 8.48. The molecule has 2 heterocycles. The second-order valence-electron chi connectivity index (χ2n) is 13.4. The fraction of sp³-hybridized carbons (Fsp3) is 0. The largest absolute Gasteiger partial charge is 0.329 e. The first-order chi connectivity index (χ1) is 28.6. The summed E-state index contributed by atoms with van der Waals surface area (Å²) in [6, 6.07) is 54.4. The fourth-order valence-electron chi connectivity index (χ4n) is 7.50. The predicted octanol–water partition coefficient (Wildman–Crippen LogP) is 14.2. The molecule has 8 heteroatoms. The zero-order valence-electron chi connectivity index (χ0n) is 30.7. The Morgan fingerprint density at radius 2 is 0.931 bits per heavy atom. The minimum atomic E-state index is 0.273. The highest BCUT2D eigenvalue weighted by Gasteiger charge is 2.23. The summed E-state index contributed by atoms with van der Waals surface area (Å²) < 4.78 is 2.02. The van der Waals surface area contributed by atoms with E-state index in [9.17, 15) is 0 Å². The lowest BCUT2D eigenvalue weighted by molar-refractivity contribution is 1.18. The van der Waals surface area contributed by atoms with Crippen LogP contribution in [-0.4, -0.2) is 14.5 Å². The van der Waals surface area contributed by atoms with Crippen LogP contribution < -0.4 is 4.90 Å². The molecule has 0 spiro atoms. The first kappa shape index (κ1) is 34.9. The van der Waals surface area contributed by atoms with Crippen molar-refractivity contribution in [2.75, 3.05) is 4.90 Å². The van der Waals surface area contributed by atoms with E-state index >= 15 is 0 Å². The third kappa shape index (κ3) is 6.03. The van der Waals surface area contributed by atoms with Gasteiger partial charge in [-0.05, 0) is 72.3 Å². The molecular weight excluding hydrogens is 713 g/mol. The van der Waals surface area contributed by atoms with Crippen molar-refractivity contribution < 1.29 is 0 Å². The van der Waals surface area contributed by atoms with Crippen LogP contribution in [0.2, 0.25) is 0 Å². The van der Waals surface area contributed by atoms with E-state index in [1.807, 2.05) is 77.4 Å². The Bertz CT molecular complexity index is 3080. The van der Waals surface area contributed by atoms with E-state index in [0.29, 0.717) is 51.0 Å². The van der Waals surface area contributed by atoms with Gasteiger partial charge in [0.2, 0.25) is 11.4 Å². The number of hydrogen-bond acceptors (Lipinski definition) is 3. The van der Waals surface area contributed by atoms with Crippen molar-refractivity contribution in [2.24, 2.45) is 0 Å². The molecule has 8 nitrogen and oxygen atoms in total. The second kappa shape index (κ2) is 14.8. The first-order valence-corrected chi connectivity index (χ1v) is 18.3. The lowest BCUT2D eigenvalue weighted by Crippen LogP contribution is -2.09. The summed E-state index contributed by atoms with van der Waals surface area (Å²) in [5.74, 6) is 0.301. The first-order valence-electron chi connectivity index (χ1n) is 18.3. The zero-order valence-corrected chi connectivity index (χ0v) is 30.7. The molecule has 9 aromatic rings. The molecule has 0 aliphatic carbocycles. The minimum Gasteiger partial charge on any atom is -0.329 e. The van der Waals surface area contributed by atoms with Gasteiger partial charge in [0.1, 0.15) is 5.82 Å². The number of rotatable bonds is 7. The molecule has 0 saturated heterocycles. The van der Waals surface area contributed by atoms with Crippen molar-refractivity contribution in [3.63, 3.8) is 0 Å². The van der Waals surface area contributed by atoms with E-state index in [2.05, 4.69) is 72.8 Å². The van der Waals surface area contributed by atoms with Crippen molar-refractivity contribution in [2.45, 2.75) is 0 Å². The van der Waals surface area contributed by atoms with Gasteiger partial charge in [-0.15, -0.1) is 0 Å². The molecule has 0 unspecified atom stereocenters. The van der Waals surface area contributed by atoms with Crippen LogP contribution in [0, 0.1) is 26.3 Å². The molecule has 0 fully saturated rings. The highest BCUT2D eigenvalue weighted by Crippen LogP contribution is 2.45. The fourth-order valence-corrected chi connectivity index (χ4v) is 7.50. The van der Waals surface area contributed by atoms with Crippen LogP contribution in [-0.2, 0) is 0 Å². The maximum Gasteiger partial charge on any atom is 0.200 e. The van der Waals surface area contributed by atoms with E-state index in [1.54, 1.807) is 48.5 Å². The van der Waals surface area contributed by atoms with E-state index in [1.165, 1.54) is 0 Å². The molecule has 58 heavy (non-hydrogen) atoms. The molecule has 0 aliphatic rings. The van der Waals surface area contributed by atoms with E-state index in [-0.39, 0.29) is 11.4 Å². The van der Waals surface area contributed by atoms with Crippen molar-refractivity contribution in [1.82, 2.24) is 14.5 Å². The van der Waals surface area contributed by atoms with Crippen LogP contribution >= 0.6 is 0 Å². The number of hydrogen-bond donors (Lipinski definition) is 0. The average Bonchev–Trinajstić information content (AvgIpc) is 3.62. The Morgan fingerprint density at radius 1 is 0.414 bits per heavy atom. The molecule has 2 aromatic heterocycles. The van der Waals surface area contributed by atoms with Gasteiger partial charge in [-0.3, -0.25) is 0 Å². The normalized spacial score (nSPS) is 10.7. The van der Waals surface area contributed by atoms with Crippen LogP contribution in [0.3, 0.4) is 0 Å². The standard InChI is InChI=1S/C50H28N8/c1-51-41-24-14-11-22-38(41)44-32-43(55-50(56-44)39-23-12-15-25-42(39)52-2)33-29-45(53-3)49(46(30-33)54-4)58-47-26-16-13-21-37(47)40-31-36(27-28-48(40)58)57(34-17-7-5-8-18-34)35-19-9-6-10-20-35/h5-32H. The number of para-hydroxylation sites is 5. The van der Waals surface area contributed by atoms with Gasteiger partial charge in [-0.1, -0.05) is 103 Å². The molecule has 0 radical (unpaired) electrons. The zero-order chi connectivity index (χ0) is 39.6. The monoisotopic (exact) mass is 740 g/mol. The van der Waals surface area contributed by atoms with Gasteiger partial charge < -0.3 is 9.47 Å². The van der Waals surface area contributed by atoms with E-state index < -0.39 is 0 Å². The minimum absolute atomic E-state index is 0.273. The molecule has 0 bridgehead atoms.